The fourth-order valence-electron chi connectivity index (χ4n) is 2.33. The molecule has 0 saturated heterocycles. The molecule has 0 spiro atoms. The number of nitrogens with zero attached hydrogens (tertiary/aromatic N) is 1. The summed E-state index contributed by atoms with van der Waals surface area (Å²) in [4.78, 5) is 18.8. The molecular formula is C16H19N3O2S. The molecule has 116 valence electrons. The Kier molecular flexibility index (Phi) is 4.68. The average Bonchev–Trinajstić information content (AvgIpc) is 2.92. The molecule has 0 bridgehead atoms. The number of hydrogen-bond donors (Lipinski definition) is 2. The summed E-state index contributed by atoms with van der Waals surface area (Å²) >= 11 is 1.71. The normalized spacial score (nSPS) is 13.6. The number of hydrogen-bond acceptors (Lipinski definition) is 4. The van der Waals surface area contributed by atoms with Gasteiger partial charge in [0.2, 0.25) is 5.91 Å². The Bertz CT molecular complexity index is 669. The molecule has 1 aliphatic heterocycles. The number of aromatic amines is 1. The molecule has 3 rings (SSSR count). The zero-order chi connectivity index (χ0) is 15.4. The van der Waals surface area contributed by atoms with E-state index in [-0.39, 0.29) is 5.91 Å². The lowest BCUT2D eigenvalue weighted by molar-refractivity contribution is -0.116. The number of carbonyl (C=O) groups is 1. The summed E-state index contributed by atoms with van der Waals surface area (Å²) in [5.41, 5.74) is 3.14. The second kappa shape index (κ2) is 6.87. The summed E-state index contributed by atoms with van der Waals surface area (Å²) in [6.45, 7) is 2.68. The molecule has 1 aromatic heterocycles. The van der Waals surface area contributed by atoms with Gasteiger partial charge in [-0.3, -0.25) is 4.79 Å². The molecule has 1 aromatic carbocycles. The Morgan fingerprint density at radius 2 is 2.27 bits per heavy atom. The fraction of sp³-hybridized carbons (Fsp3) is 0.375. The zero-order valence-electron chi connectivity index (χ0n) is 12.5. The minimum atomic E-state index is 0.0892. The molecule has 2 N–H and O–H groups in total. The van der Waals surface area contributed by atoms with Gasteiger partial charge in [-0.1, -0.05) is 11.8 Å². The summed E-state index contributed by atoms with van der Waals surface area (Å²) in [6, 6.07) is 5.85. The molecule has 0 saturated carbocycles. The van der Waals surface area contributed by atoms with Crippen molar-refractivity contribution in [3.8, 4) is 5.75 Å². The minimum absolute atomic E-state index is 0.0892. The van der Waals surface area contributed by atoms with Crippen molar-refractivity contribution >= 4 is 23.4 Å². The van der Waals surface area contributed by atoms with Gasteiger partial charge in [-0.15, -0.1) is 0 Å². The molecule has 0 fully saturated rings. The maximum Gasteiger partial charge on any atom is 0.224 e. The Hall–Kier alpha value is -1.95. The van der Waals surface area contributed by atoms with Gasteiger partial charge in [-0.05, 0) is 43.5 Å². The molecule has 0 aliphatic carbocycles. The van der Waals surface area contributed by atoms with E-state index in [2.05, 4.69) is 15.3 Å². The number of aromatic nitrogens is 2. The van der Waals surface area contributed by atoms with Crippen LogP contribution in [0.5, 0.6) is 5.75 Å². The molecule has 1 aliphatic rings. The van der Waals surface area contributed by atoms with Gasteiger partial charge >= 0.3 is 0 Å². The zero-order valence-corrected chi connectivity index (χ0v) is 13.3. The number of anilines is 1. The van der Waals surface area contributed by atoms with Crippen LogP contribution in [0, 0.1) is 6.92 Å². The van der Waals surface area contributed by atoms with Crippen LogP contribution in [0.3, 0.4) is 0 Å². The Morgan fingerprint density at radius 1 is 1.36 bits per heavy atom. The van der Waals surface area contributed by atoms with E-state index < -0.39 is 0 Å². The van der Waals surface area contributed by atoms with Crippen molar-refractivity contribution in [1.29, 1.82) is 0 Å². The van der Waals surface area contributed by atoms with Crippen molar-refractivity contribution in [2.24, 2.45) is 0 Å². The van der Waals surface area contributed by atoms with E-state index in [0.717, 1.165) is 46.4 Å². The smallest absolute Gasteiger partial charge is 0.224 e. The first-order valence-corrected chi connectivity index (χ1v) is 8.39. The SMILES string of the molecule is Cc1cnc(SCCCOc2ccc3c(c2)CCC(=O)N3)[nH]1. The fourth-order valence-corrected chi connectivity index (χ4v) is 3.15. The van der Waals surface area contributed by atoms with Crippen molar-refractivity contribution in [3.05, 3.63) is 35.7 Å². The molecule has 2 heterocycles. The van der Waals surface area contributed by atoms with Crippen molar-refractivity contribution < 1.29 is 9.53 Å². The van der Waals surface area contributed by atoms with Crippen molar-refractivity contribution in [1.82, 2.24) is 9.97 Å². The number of aryl methyl sites for hydroxylation is 2. The quantitative estimate of drug-likeness (QED) is 0.634. The van der Waals surface area contributed by atoms with Crippen LogP contribution in [0.4, 0.5) is 5.69 Å². The Morgan fingerprint density at radius 3 is 3.09 bits per heavy atom. The second-order valence-electron chi connectivity index (χ2n) is 5.29. The number of amides is 1. The van der Waals surface area contributed by atoms with Crippen LogP contribution in [0.2, 0.25) is 0 Å². The number of carbonyl (C=O) groups excluding carboxylic acids is 1. The van der Waals surface area contributed by atoms with Crippen LogP contribution >= 0.6 is 11.8 Å². The summed E-state index contributed by atoms with van der Waals surface area (Å²) < 4.78 is 5.79. The minimum Gasteiger partial charge on any atom is -0.494 e. The Balaban J connectivity index is 1.43. The van der Waals surface area contributed by atoms with Crippen LogP contribution in [0.1, 0.15) is 24.1 Å². The number of H-pyrrole nitrogens is 1. The molecular weight excluding hydrogens is 298 g/mol. The largest absolute Gasteiger partial charge is 0.494 e. The highest BCUT2D eigenvalue weighted by molar-refractivity contribution is 7.99. The third kappa shape index (κ3) is 3.82. The van der Waals surface area contributed by atoms with E-state index in [1.807, 2.05) is 31.3 Å². The second-order valence-corrected chi connectivity index (χ2v) is 6.37. The number of imidazole rings is 1. The highest BCUT2D eigenvalue weighted by Crippen LogP contribution is 2.27. The number of thioether (sulfide) groups is 1. The highest BCUT2D eigenvalue weighted by Gasteiger charge is 2.14. The van der Waals surface area contributed by atoms with Gasteiger partial charge in [-0.25, -0.2) is 4.98 Å². The number of benzene rings is 1. The molecule has 2 aromatic rings. The summed E-state index contributed by atoms with van der Waals surface area (Å²) in [6.07, 6.45) is 4.13. The van der Waals surface area contributed by atoms with Gasteiger partial charge in [0, 0.05) is 29.8 Å². The molecule has 0 radical (unpaired) electrons. The first-order chi connectivity index (χ1) is 10.7. The first kappa shape index (κ1) is 15.0. The summed E-state index contributed by atoms with van der Waals surface area (Å²) in [7, 11) is 0. The van der Waals surface area contributed by atoms with Gasteiger partial charge in [-0.2, -0.15) is 0 Å². The van der Waals surface area contributed by atoms with Crippen molar-refractivity contribution in [3.63, 3.8) is 0 Å². The lowest BCUT2D eigenvalue weighted by Gasteiger charge is -2.17. The number of ether oxygens (including phenoxy) is 1. The maximum absolute atomic E-state index is 11.3. The van der Waals surface area contributed by atoms with Crippen LogP contribution in [-0.4, -0.2) is 28.2 Å². The average molecular weight is 317 g/mol. The molecule has 22 heavy (non-hydrogen) atoms. The summed E-state index contributed by atoms with van der Waals surface area (Å²) in [5, 5.41) is 3.84. The van der Waals surface area contributed by atoms with Gasteiger partial charge in [0.05, 0.1) is 6.61 Å². The predicted octanol–water partition coefficient (Wildman–Crippen LogP) is 3.16. The highest BCUT2D eigenvalue weighted by atomic mass is 32.2. The third-order valence-corrected chi connectivity index (χ3v) is 4.42. The molecule has 0 unspecified atom stereocenters. The lowest BCUT2D eigenvalue weighted by atomic mass is 10.0. The van der Waals surface area contributed by atoms with Crippen molar-refractivity contribution in [2.75, 3.05) is 17.7 Å². The standard InChI is InChI=1S/C16H19N3O2S/c1-11-10-17-16(18-11)22-8-2-7-21-13-4-5-14-12(9-13)3-6-15(20)19-14/h4-5,9-10H,2-3,6-8H2,1H3,(H,17,18)(H,19,20). The topological polar surface area (TPSA) is 67.0 Å². The van der Waals surface area contributed by atoms with E-state index in [1.54, 1.807) is 11.8 Å². The number of nitrogens with one attached hydrogen (secondary N) is 2. The van der Waals surface area contributed by atoms with Crippen LogP contribution in [0.25, 0.3) is 0 Å². The lowest BCUT2D eigenvalue weighted by Crippen LogP contribution is -2.18. The monoisotopic (exact) mass is 317 g/mol. The van der Waals surface area contributed by atoms with E-state index in [9.17, 15) is 4.79 Å². The van der Waals surface area contributed by atoms with E-state index in [4.69, 9.17) is 4.74 Å². The molecule has 6 heteroatoms. The number of fused-ring (bicyclic) bond motifs is 1. The molecule has 1 amide bonds. The van der Waals surface area contributed by atoms with E-state index >= 15 is 0 Å². The third-order valence-electron chi connectivity index (χ3n) is 3.45. The van der Waals surface area contributed by atoms with E-state index in [0.29, 0.717) is 13.0 Å². The number of rotatable bonds is 6. The van der Waals surface area contributed by atoms with Crippen LogP contribution in [-0.2, 0) is 11.2 Å². The van der Waals surface area contributed by atoms with Gasteiger partial charge in [0.25, 0.3) is 0 Å². The molecule has 5 nitrogen and oxygen atoms in total. The molecule has 0 atom stereocenters. The van der Waals surface area contributed by atoms with Gasteiger partial charge in [0.1, 0.15) is 5.75 Å². The van der Waals surface area contributed by atoms with Crippen LogP contribution in [0.15, 0.2) is 29.6 Å². The first-order valence-electron chi connectivity index (χ1n) is 7.41. The summed E-state index contributed by atoms with van der Waals surface area (Å²) in [5.74, 6) is 1.92. The van der Waals surface area contributed by atoms with E-state index in [1.165, 1.54) is 0 Å². The predicted molar refractivity (Wildman–Crippen MR) is 87.6 cm³/mol. The van der Waals surface area contributed by atoms with Gasteiger partial charge in [0.15, 0.2) is 5.16 Å². The maximum atomic E-state index is 11.3. The van der Waals surface area contributed by atoms with Gasteiger partial charge < -0.3 is 15.0 Å². The van der Waals surface area contributed by atoms with Crippen molar-refractivity contribution in [2.45, 2.75) is 31.3 Å². The Labute approximate surface area is 133 Å². The van der Waals surface area contributed by atoms with Crippen LogP contribution < -0.4 is 10.1 Å².